The molecule has 6 heteroatoms. The van der Waals surface area contributed by atoms with Gasteiger partial charge in [-0.25, -0.2) is 9.18 Å². The number of rotatable bonds is 9. The van der Waals surface area contributed by atoms with E-state index in [0.29, 0.717) is 17.9 Å². The summed E-state index contributed by atoms with van der Waals surface area (Å²) in [7, 11) is 0. The summed E-state index contributed by atoms with van der Waals surface area (Å²) >= 11 is 0. The molecule has 0 spiro atoms. The van der Waals surface area contributed by atoms with Gasteiger partial charge in [-0.2, -0.15) is 0 Å². The Morgan fingerprint density at radius 3 is 2.58 bits per heavy atom. The first-order chi connectivity index (χ1) is 12.5. The van der Waals surface area contributed by atoms with Crippen molar-refractivity contribution < 1.29 is 28.9 Å². The Balaban J connectivity index is 1.99. The van der Waals surface area contributed by atoms with Crippen LogP contribution in [0.4, 0.5) is 4.39 Å². The van der Waals surface area contributed by atoms with Crippen LogP contribution in [0, 0.1) is 5.82 Å². The van der Waals surface area contributed by atoms with E-state index in [9.17, 15) is 19.4 Å². The Labute approximate surface area is 152 Å². The largest absolute Gasteiger partial charge is 0.489 e. The van der Waals surface area contributed by atoms with Gasteiger partial charge in [0.2, 0.25) is 0 Å². The van der Waals surface area contributed by atoms with Crippen LogP contribution in [0.5, 0.6) is 5.75 Å². The quantitative estimate of drug-likeness (QED) is 0.671. The molecule has 5 nitrogen and oxygen atoms in total. The van der Waals surface area contributed by atoms with Crippen molar-refractivity contribution in [3.63, 3.8) is 0 Å². The molecule has 2 atom stereocenters. The average Bonchev–Trinajstić information content (AvgIpc) is 2.65. The number of benzene rings is 2. The molecule has 0 radical (unpaired) electrons. The Morgan fingerprint density at radius 2 is 1.88 bits per heavy atom. The molecule has 0 heterocycles. The second-order valence-corrected chi connectivity index (χ2v) is 5.83. The molecule has 0 bridgehead atoms. The fourth-order valence-corrected chi connectivity index (χ4v) is 2.47. The molecule has 0 aliphatic carbocycles. The summed E-state index contributed by atoms with van der Waals surface area (Å²) in [6.45, 7) is 2.05. The fourth-order valence-electron chi connectivity index (χ4n) is 2.47. The molecule has 0 aromatic heterocycles. The topological polar surface area (TPSA) is 76.0 Å². The van der Waals surface area contributed by atoms with Crippen molar-refractivity contribution in [1.82, 2.24) is 0 Å². The highest BCUT2D eigenvalue weighted by atomic mass is 19.1. The summed E-state index contributed by atoms with van der Waals surface area (Å²) in [4.78, 5) is 11.5. The molecule has 0 aliphatic heterocycles. The van der Waals surface area contributed by atoms with Gasteiger partial charge in [-0.15, -0.1) is 0 Å². The molecular formula is C20H23FO5. The van der Waals surface area contributed by atoms with Crippen molar-refractivity contribution >= 4 is 5.97 Å². The number of aliphatic hydroxyl groups is 2. The molecule has 140 valence electrons. The number of aryl methyl sites for hydroxylation is 1. The normalized spacial score (nSPS) is 13.1. The van der Waals surface area contributed by atoms with Crippen LogP contribution in [0.1, 0.15) is 24.5 Å². The lowest BCUT2D eigenvalue weighted by Gasteiger charge is -2.17. The van der Waals surface area contributed by atoms with Gasteiger partial charge >= 0.3 is 5.97 Å². The van der Waals surface area contributed by atoms with E-state index in [2.05, 4.69) is 4.74 Å². The van der Waals surface area contributed by atoms with Crippen molar-refractivity contribution in [1.29, 1.82) is 0 Å². The van der Waals surface area contributed by atoms with Crippen LogP contribution in [-0.4, -0.2) is 35.0 Å². The van der Waals surface area contributed by atoms with Crippen LogP contribution < -0.4 is 4.74 Å². The van der Waals surface area contributed by atoms with E-state index in [-0.39, 0.29) is 19.4 Å². The van der Waals surface area contributed by atoms with Gasteiger partial charge < -0.3 is 19.7 Å². The van der Waals surface area contributed by atoms with Crippen molar-refractivity contribution in [2.45, 2.75) is 38.6 Å². The van der Waals surface area contributed by atoms with E-state index in [1.165, 1.54) is 18.2 Å². The molecular weight excluding hydrogens is 339 g/mol. The van der Waals surface area contributed by atoms with Crippen LogP contribution in [-0.2, 0) is 22.6 Å². The fraction of sp³-hybridized carbons (Fsp3) is 0.350. The van der Waals surface area contributed by atoms with Gasteiger partial charge in [-0.3, -0.25) is 0 Å². The SMILES string of the molecule is CCOC(=O)[C@@H](O)[C@H](O)CCc1cc(F)ccc1OCc1ccccc1. The van der Waals surface area contributed by atoms with Crippen LogP contribution in [0.2, 0.25) is 0 Å². The number of hydrogen-bond donors (Lipinski definition) is 2. The summed E-state index contributed by atoms with van der Waals surface area (Å²) in [6.07, 6.45) is -2.64. The maximum Gasteiger partial charge on any atom is 0.337 e. The van der Waals surface area contributed by atoms with E-state index in [1.807, 2.05) is 30.3 Å². The van der Waals surface area contributed by atoms with Crippen LogP contribution in [0.3, 0.4) is 0 Å². The molecule has 0 saturated carbocycles. The average molecular weight is 362 g/mol. The van der Waals surface area contributed by atoms with Gasteiger partial charge in [0, 0.05) is 0 Å². The number of hydrogen-bond acceptors (Lipinski definition) is 5. The minimum Gasteiger partial charge on any atom is -0.489 e. The van der Waals surface area contributed by atoms with Gasteiger partial charge in [0.1, 0.15) is 18.2 Å². The molecule has 2 aromatic carbocycles. The lowest BCUT2D eigenvalue weighted by molar-refractivity contribution is -0.159. The number of carbonyl (C=O) groups is 1. The van der Waals surface area contributed by atoms with Gasteiger partial charge in [0.25, 0.3) is 0 Å². The zero-order valence-electron chi connectivity index (χ0n) is 14.6. The summed E-state index contributed by atoms with van der Waals surface area (Å²) in [5.74, 6) is -0.805. The zero-order valence-corrected chi connectivity index (χ0v) is 14.6. The first kappa shape index (κ1) is 19.9. The van der Waals surface area contributed by atoms with Gasteiger partial charge in [-0.1, -0.05) is 30.3 Å². The monoisotopic (exact) mass is 362 g/mol. The number of aliphatic hydroxyl groups excluding tert-OH is 2. The number of carbonyl (C=O) groups excluding carboxylic acids is 1. The minimum absolute atomic E-state index is 0.0606. The Hall–Kier alpha value is -2.44. The second kappa shape index (κ2) is 9.89. The molecule has 0 saturated heterocycles. The third kappa shape index (κ3) is 5.82. The summed E-state index contributed by atoms with van der Waals surface area (Å²) < 4.78 is 24.0. The highest BCUT2D eigenvalue weighted by Crippen LogP contribution is 2.23. The van der Waals surface area contributed by atoms with Gasteiger partial charge in [0.15, 0.2) is 6.10 Å². The van der Waals surface area contributed by atoms with Crippen molar-refractivity contribution in [3.05, 3.63) is 65.5 Å². The third-order valence-electron chi connectivity index (χ3n) is 3.86. The van der Waals surface area contributed by atoms with E-state index in [1.54, 1.807) is 6.92 Å². The predicted octanol–water partition coefficient (Wildman–Crippen LogP) is 2.62. The third-order valence-corrected chi connectivity index (χ3v) is 3.86. The van der Waals surface area contributed by atoms with E-state index >= 15 is 0 Å². The molecule has 2 N–H and O–H groups in total. The van der Waals surface area contributed by atoms with E-state index in [0.717, 1.165) is 5.56 Å². The van der Waals surface area contributed by atoms with Crippen molar-refractivity contribution in [2.75, 3.05) is 6.61 Å². The zero-order chi connectivity index (χ0) is 18.9. The maximum atomic E-state index is 13.6. The number of halogens is 1. The Morgan fingerprint density at radius 1 is 1.15 bits per heavy atom. The standard InChI is InChI=1S/C20H23FO5/c1-2-25-20(24)19(23)17(22)10-8-15-12-16(21)9-11-18(15)26-13-14-6-4-3-5-7-14/h3-7,9,11-12,17,19,22-23H,2,8,10,13H2,1H3/t17-,19+/m1/s1. The highest BCUT2D eigenvalue weighted by Gasteiger charge is 2.25. The van der Waals surface area contributed by atoms with Gasteiger partial charge in [0.05, 0.1) is 12.7 Å². The van der Waals surface area contributed by atoms with Crippen LogP contribution in [0.25, 0.3) is 0 Å². The first-order valence-electron chi connectivity index (χ1n) is 8.49. The maximum absolute atomic E-state index is 13.6. The summed E-state index contributed by atoms with van der Waals surface area (Å²) in [5.41, 5.74) is 1.52. The predicted molar refractivity (Wildman–Crippen MR) is 94.1 cm³/mol. The first-order valence-corrected chi connectivity index (χ1v) is 8.49. The van der Waals surface area contributed by atoms with E-state index < -0.39 is 24.0 Å². The van der Waals surface area contributed by atoms with Crippen molar-refractivity contribution in [3.8, 4) is 5.75 Å². The molecule has 2 aromatic rings. The van der Waals surface area contributed by atoms with E-state index in [4.69, 9.17) is 4.74 Å². The highest BCUT2D eigenvalue weighted by molar-refractivity contribution is 5.75. The lowest BCUT2D eigenvalue weighted by Crippen LogP contribution is -2.35. The number of esters is 1. The molecule has 0 fully saturated rings. The van der Waals surface area contributed by atoms with Crippen LogP contribution in [0.15, 0.2) is 48.5 Å². The lowest BCUT2D eigenvalue weighted by atomic mass is 10.0. The Kier molecular flexibility index (Phi) is 7.56. The van der Waals surface area contributed by atoms with Gasteiger partial charge in [-0.05, 0) is 49.1 Å². The Bertz CT molecular complexity index is 705. The number of ether oxygens (including phenoxy) is 2. The van der Waals surface area contributed by atoms with Crippen LogP contribution >= 0.6 is 0 Å². The molecule has 26 heavy (non-hydrogen) atoms. The molecule has 0 unspecified atom stereocenters. The molecule has 0 amide bonds. The summed E-state index contributed by atoms with van der Waals surface area (Å²) in [6, 6.07) is 13.7. The molecule has 2 rings (SSSR count). The second-order valence-electron chi connectivity index (χ2n) is 5.83. The smallest absolute Gasteiger partial charge is 0.337 e. The summed E-state index contributed by atoms with van der Waals surface area (Å²) in [5, 5.41) is 19.7. The van der Waals surface area contributed by atoms with Crippen molar-refractivity contribution in [2.24, 2.45) is 0 Å². The molecule has 0 aliphatic rings. The minimum atomic E-state index is -1.63.